The second-order valence-electron chi connectivity index (χ2n) is 6.30. The van der Waals surface area contributed by atoms with E-state index in [9.17, 15) is 4.79 Å². The molecule has 2 fully saturated rings. The van der Waals surface area contributed by atoms with Crippen LogP contribution in [0.1, 0.15) is 44.9 Å². The predicted octanol–water partition coefficient (Wildman–Crippen LogP) is 0.960. The number of nitrogens with zero attached hydrogens (tertiary/aromatic N) is 1. The summed E-state index contributed by atoms with van der Waals surface area (Å²) in [5, 5.41) is 10.3. The molecule has 1 amide bonds. The maximum atomic E-state index is 12.1. The highest BCUT2D eigenvalue weighted by molar-refractivity contribution is 6.39. The summed E-state index contributed by atoms with van der Waals surface area (Å²) in [7, 11) is 0. The first-order valence-electron chi connectivity index (χ1n) is 8.13. The van der Waals surface area contributed by atoms with Gasteiger partial charge in [0.1, 0.15) is 5.71 Å². The van der Waals surface area contributed by atoms with E-state index in [1.165, 1.54) is 6.42 Å². The number of nitrogens with one attached hydrogen (secondary N) is 2. The van der Waals surface area contributed by atoms with Crippen molar-refractivity contribution in [2.45, 2.75) is 56.7 Å². The fourth-order valence-corrected chi connectivity index (χ4v) is 3.30. The Balaban J connectivity index is 1.39. The van der Waals surface area contributed by atoms with Gasteiger partial charge >= 0.3 is 0 Å². The Bertz CT molecular complexity index is 399. The van der Waals surface area contributed by atoms with Crippen LogP contribution in [0.15, 0.2) is 5.16 Å². The predicted molar refractivity (Wildman–Crippen MR) is 79.2 cm³/mol. The molecule has 21 heavy (non-hydrogen) atoms. The summed E-state index contributed by atoms with van der Waals surface area (Å²) in [5.41, 5.74) is 0.250. The number of rotatable bonds is 4. The zero-order valence-electron chi connectivity index (χ0n) is 12.5. The number of ether oxygens (including phenoxy) is 1. The van der Waals surface area contributed by atoms with Crippen molar-refractivity contribution in [2.75, 3.05) is 26.2 Å². The average molecular weight is 295 g/mol. The number of carbonyl (C=O) groups excluding carboxylic acids is 1. The molecule has 1 spiro atoms. The standard InChI is InChI=1S/C15H25N3O3/c19-14(17-8-5-12-4-1-2-9-20-12)13-10-15(21-18-13)6-3-7-16-11-15/h12,16H,1-11H2,(H,17,19). The van der Waals surface area contributed by atoms with E-state index in [-0.39, 0.29) is 11.5 Å². The Kier molecular flexibility index (Phi) is 4.75. The third-order valence-electron chi connectivity index (χ3n) is 4.56. The molecule has 0 aromatic rings. The second kappa shape index (κ2) is 6.75. The topological polar surface area (TPSA) is 72.0 Å². The van der Waals surface area contributed by atoms with E-state index < -0.39 is 0 Å². The lowest BCUT2D eigenvalue weighted by molar-refractivity contribution is -0.115. The van der Waals surface area contributed by atoms with Crippen LogP contribution < -0.4 is 10.6 Å². The lowest BCUT2D eigenvalue weighted by atomic mass is 9.89. The Labute approximate surface area is 125 Å². The molecule has 3 heterocycles. The molecular formula is C15H25N3O3. The number of hydrogen-bond donors (Lipinski definition) is 2. The third-order valence-corrected chi connectivity index (χ3v) is 4.56. The molecule has 0 aromatic carbocycles. The smallest absolute Gasteiger partial charge is 0.269 e. The van der Waals surface area contributed by atoms with E-state index in [0.29, 0.717) is 24.8 Å². The fraction of sp³-hybridized carbons (Fsp3) is 0.867. The summed E-state index contributed by atoms with van der Waals surface area (Å²) in [5.74, 6) is -0.0896. The highest BCUT2D eigenvalue weighted by Gasteiger charge is 2.42. The molecule has 6 nitrogen and oxygen atoms in total. The molecule has 2 unspecified atom stereocenters. The normalized spacial score (nSPS) is 32.6. The number of oxime groups is 1. The summed E-state index contributed by atoms with van der Waals surface area (Å²) in [6.45, 7) is 3.31. The van der Waals surface area contributed by atoms with Gasteiger partial charge in [0, 0.05) is 26.1 Å². The SMILES string of the molecule is O=C(NCCC1CCCCO1)C1=NOC2(CCCNC2)C1. The molecule has 0 radical (unpaired) electrons. The van der Waals surface area contributed by atoms with Gasteiger partial charge in [-0.1, -0.05) is 5.16 Å². The van der Waals surface area contributed by atoms with E-state index in [4.69, 9.17) is 9.57 Å². The Morgan fingerprint density at radius 2 is 2.38 bits per heavy atom. The second-order valence-corrected chi connectivity index (χ2v) is 6.30. The molecule has 2 atom stereocenters. The number of amides is 1. The minimum absolute atomic E-state index is 0.0896. The Hall–Kier alpha value is -1.14. The van der Waals surface area contributed by atoms with Gasteiger partial charge in [-0.25, -0.2) is 0 Å². The van der Waals surface area contributed by atoms with Crippen molar-refractivity contribution in [1.82, 2.24) is 10.6 Å². The summed E-state index contributed by atoms with van der Waals surface area (Å²) in [6.07, 6.45) is 7.34. The summed E-state index contributed by atoms with van der Waals surface area (Å²) in [6, 6.07) is 0. The number of hydrogen-bond acceptors (Lipinski definition) is 5. The van der Waals surface area contributed by atoms with Crippen molar-refractivity contribution in [2.24, 2.45) is 5.16 Å². The van der Waals surface area contributed by atoms with Crippen LogP contribution in [0.4, 0.5) is 0 Å². The van der Waals surface area contributed by atoms with Crippen molar-refractivity contribution in [1.29, 1.82) is 0 Å². The first kappa shape index (κ1) is 14.8. The molecule has 118 valence electrons. The minimum atomic E-state index is -0.280. The van der Waals surface area contributed by atoms with Gasteiger partial charge in [0.05, 0.1) is 6.10 Å². The zero-order chi connectivity index (χ0) is 14.5. The molecular weight excluding hydrogens is 270 g/mol. The lowest BCUT2D eigenvalue weighted by Crippen LogP contribution is -2.46. The summed E-state index contributed by atoms with van der Waals surface area (Å²) >= 11 is 0. The largest absolute Gasteiger partial charge is 0.387 e. The van der Waals surface area contributed by atoms with Gasteiger partial charge in [-0.15, -0.1) is 0 Å². The van der Waals surface area contributed by atoms with Crippen LogP contribution in [0, 0.1) is 0 Å². The highest BCUT2D eigenvalue weighted by atomic mass is 16.7. The lowest BCUT2D eigenvalue weighted by Gasteiger charge is -2.30. The van der Waals surface area contributed by atoms with Crippen LogP contribution in [0.2, 0.25) is 0 Å². The van der Waals surface area contributed by atoms with Gasteiger partial charge in [0.15, 0.2) is 5.60 Å². The van der Waals surface area contributed by atoms with Gasteiger partial charge in [-0.3, -0.25) is 4.79 Å². The summed E-state index contributed by atoms with van der Waals surface area (Å²) in [4.78, 5) is 17.7. The maximum Gasteiger partial charge on any atom is 0.269 e. The fourth-order valence-electron chi connectivity index (χ4n) is 3.30. The average Bonchev–Trinajstić information content (AvgIpc) is 2.93. The molecule has 2 N–H and O–H groups in total. The molecule has 2 saturated heterocycles. The van der Waals surface area contributed by atoms with Crippen LogP contribution in [0.5, 0.6) is 0 Å². The molecule has 0 aliphatic carbocycles. The molecule has 0 aromatic heterocycles. The molecule has 0 saturated carbocycles. The first-order valence-corrected chi connectivity index (χ1v) is 8.13. The van der Waals surface area contributed by atoms with Gasteiger partial charge in [-0.05, 0) is 45.1 Å². The monoisotopic (exact) mass is 295 g/mol. The quantitative estimate of drug-likeness (QED) is 0.810. The van der Waals surface area contributed by atoms with Crippen molar-refractivity contribution in [3.63, 3.8) is 0 Å². The van der Waals surface area contributed by atoms with Crippen molar-refractivity contribution >= 4 is 11.6 Å². The molecule has 3 aliphatic heterocycles. The Morgan fingerprint density at radius 3 is 3.14 bits per heavy atom. The molecule has 6 heteroatoms. The third kappa shape index (κ3) is 3.74. The van der Waals surface area contributed by atoms with Gasteiger partial charge in [0.25, 0.3) is 5.91 Å². The van der Waals surface area contributed by atoms with Gasteiger partial charge in [-0.2, -0.15) is 0 Å². The number of piperidine rings is 1. The first-order chi connectivity index (χ1) is 10.3. The van der Waals surface area contributed by atoms with Crippen molar-refractivity contribution in [3.8, 4) is 0 Å². The van der Waals surface area contributed by atoms with E-state index in [0.717, 1.165) is 51.8 Å². The number of carbonyl (C=O) groups is 1. The van der Waals surface area contributed by atoms with Gasteiger partial charge in [0.2, 0.25) is 0 Å². The van der Waals surface area contributed by atoms with Gasteiger partial charge < -0.3 is 20.2 Å². The maximum absolute atomic E-state index is 12.1. The van der Waals surface area contributed by atoms with E-state index >= 15 is 0 Å². The van der Waals surface area contributed by atoms with E-state index in [1.807, 2.05) is 0 Å². The highest BCUT2D eigenvalue weighted by Crippen LogP contribution is 2.30. The van der Waals surface area contributed by atoms with Crippen LogP contribution in [0.25, 0.3) is 0 Å². The van der Waals surface area contributed by atoms with E-state index in [2.05, 4.69) is 15.8 Å². The summed E-state index contributed by atoms with van der Waals surface area (Å²) < 4.78 is 5.66. The minimum Gasteiger partial charge on any atom is -0.387 e. The van der Waals surface area contributed by atoms with E-state index in [1.54, 1.807) is 0 Å². The molecule has 3 aliphatic rings. The zero-order valence-corrected chi connectivity index (χ0v) is 12.5. The molecule has 3 rings (SSSR count). The van der Waals surface area contributed by atoms with Crippen LogP contribution >= 0.6 is 0 Å². The van der Waals surface area contributed by atoms with Crippen molar-refractivity contribution < 1.29 is 14.4 Å². The van der Waals surface area contributed by atoms with Crippen LogP contribution in [-0.4, -0.2) is 49.6 Å². The molecule has 0 bridgehead atoms. The Morgan fingerprint density at radius 1 is 1.43 bits per heavy atom. The van der Waals surface area contributed by atoms with Crippen molar-refractivity contribution in [3.05, 3.63) is 0 Å². The van der Waals surface area contributed by atoms with Crippen LogP contribution in [-0.2, 0) is 14.4 Å². The van der Waals surface area contributed by atoms with Crippen LogP contribution in [0.3, 0.4) is 0 Å².